The Morgan fingerprint density at radius 2 is 1.66 bits per heavy atom. The van der Waals surface area contributed by atoms with Crippen molar-refractivity contribution in [2.45, 2.75) is 36.4 Å². The van der Waals surface area contributed by atoms with Crippen LogP contribution < -0.4 is 10.6 Å². The van der Waals surface area contributed by atoms with Crippen LogP contribution in [0, 0.1) is 5.41 Å². The number of esters is 1. The number of carbonyl (C=O) groups is 3. The number of amides is 2. The van der Waals surface area contributed by atoms with E-state index < -0.39 is 34.5 Å². The Bertz CT molecular complexity index is 1200. The Labute approximate surface area is 184 Å². The molecule has 8 nitrogen and oxygen atoms in total. The Morgan fingerprint density at radius 3 is 2.38 bits per heavy atom. The Hall–Kier alpha value is -3.23. The number of nitrogens with one attached hydrogen (secondary N) is 2. The molecule has 4 atom stereocenters. The maximum absolute atomic E-state index is 13.7. The van der Waals surface area contributed by atoms with Crippen molar-refractivity contribution in [3.05, 3.63) is 59.7 Å². The molecule has 0 unspecified atom stereocenters. The molecule has 2 amide bonds. The molecule has 0 aromatic heterocycles. The van der Waals surface area contributed by atoms with Crippen molar-refractivity contribution >= 4 is 29.2 Å². The number of fused-ring (bicyclic) bond motifs is 5. The van der Waals surface area contributed by atoms with E-state index in [0.29, 0.717) is 29.9 Å². The van der Waals surface area contributed by atoms with Crippen molar-refractivity contribution in [2.75, 3.05) is 24.3 Å². The molecule has 3 N–H and O–H groups in total. The van der Waals surface area contributed by atoms with E-state index in [4.69, 9.17) is 4.74 Å². The van der Waals surface area contributed by atoms with Crippen molar-refractivity contribution in [3.63, 3.8) is 0 Å². The predicted molar refractivity (Wildman–Crippen MR) is 115 cm³/mol. The van der Waals surface area contributed by atoms with Gasteiger partial charge in [0.1, 0.15) is 11.0 Å². The highest BCUT2D eigenvalue weighted by atomic mass is 16.5. The van der Waals surface area contributed by atoms with E-state index in [1.54, 1.807) is 24.3 Å². The maximum atomic E-state index is 13.7. The molecule has 8 heteroatoms. The van der Waals surface area contributed by atoms with Crippen LogP contribution in [0.1, 0.15) is 30.4 Å². The zero-order valence-corrected chi connectivity index (χ0v) is 17.6. The van der Waals surface area contributed by atoms with Crippen molar-refractivity contribution in [1.82, 2.24) is 4.90 Å². The summed E-state index contributed by atoms with van der Waals surface area (Å²) in [6.07, 6.45) is 1.24. The lowest BCUT2D eigenvalue weighted by Gasteiger charge is -2.42. The van der Waals surface area contributed by atoms with E-state index in [-0.39, 0.29) is 12.3 Å². The van der Waals surface area contributed by atoms with Crippen LogP contribution in [0.5, 0.6) is 0 Å². The molecule has 2 aromatic rings. The average molecular weight is 433 g/mol. The third-order valence-corrected chi connectivity index (χ3v) is 7.93. The van der Waals surface area contributed by atoms with Gasteiger partial charge in [-0.15, -0.1) is 0 Å². The Morgan fingerprint density at radius 1 is 1.03 bits per heavy atom. The second kappa shape index (κ2) is 6.17. The van der Waals surface area contributed by atoms with Gasteiger partial charge in [-0.25, -0.2) is 0 Å². The topological polar surface area (TPSA) is 108 Å². The number of carbonyl (C=O) groups excluding carboxylic acids is 3. The van der Waals surface area contributed by atoms with Crippen LogP contribution in [0.4, 0.5) is 11.4 Å². The summed E-state index contributed by atoms with van der Waals surface area (Å²) in [5, 5.41) is 17.9. The second-order valence-electron chi connectivity index (χ2n) is 9.06. The summed E-state index contributed by atoms with van der Waals surface area (Å²) in [7, 11) is 1.26. The predicted octanol–water partition coefficient (Wildman–Crippen LogP) is 1.70. The molecule has 4 aliphatic rings. The van der Waals surface area contributed by atoms with Gasteiger partial charge in [0.25, 0.3) is 5.91 Å². The van der Waals surface area contributed by atoms with Gasteiger partial charge in [0.2, 0.25) is 5.91 Å². The van der Waals surface area contributed by atoms with Crippen molar-refractivity contribution < 1.29 is 24.2 Å². The highest BCUT2D eigenvalue weighted by Crippen LogP contribution is 2.66. The third-order valence-electron chi connectivity index (χ3n) is 7.93. The van der Waals surface area contributed by atoms with E-state index in [1.165, 1.54) is 7.11 Å². The van der Waals surface area contributed by atoms with Crippen molar-refractivity contribution in [1.29, 1.82) is 0 Å². The van der Waals surface area contributed by atoms with Crippen LogP contribution in [-0.4, -0.2) is 47.5 Å². The lowest BCUT2D eigenvalue weighted by Crippen LogP contribution is -2.60. The second-order valence-corrected chi connectivity index (χ2v) is 9.06. The van der Waals surface area contributed by atoms with Gasteiger partial charge in [-0.2, -0.15) is 0 Å². The van der Waals surface area contributed by atoms with Crippen LogP contribution in [0.15, 0.2) is 48.5 Å². The molecular weight excluding hydrogens is 410 g/mol. The lowest BCUT2D eigenvalue weighted by molar-refractivity contribution is -0.182. The van der Waals surface area contributed by atoms with Gasteiger partial charge >= 0.3 is 5.97 Å². The fourth-order valence-corrected chi connectivity index (χ4v) is 6.71. The van der Waals surface area contributed by atoms with Gasteiger partial charge in [0, 0.05) is 35.0 Å². The number of rotatable bonds is 2. The molecule has 164 valence electrons. The van der Waals surface area contributed by atoms with Crippen LogP contribution >= 0.6 is 0 Å². The van der Waals surface area contributed by atoms with E-state index >= 15 is 0 Å². The number of aliphatic hydroxyl groups is 1. The SMILES string of the molecule is COC(=O)[C@@]1([C@@]2(O)C(=O)Nc3ccccc32)C[C@]2(C(=O)Nc3ccccc32)N2CCC[C@H]21. The standard InChI is InChI=1S/C24H23N3O5/c1-32-21(30)22(24(31)15-8-3-5-10-17(15)26-20(24)29)13-23(27-12-6-11-18(22)27)14-7-2-4-9-16(14)25-19(23)28/h2-5,7-10,18,31H,6,11-13H2,1H3,(H,25,28)(H,26,29)/t18-,22+,23-,24-/m0/s1. The minimum Gasteiger partial charge on any atom is -0.468 e. The van der Waals surface area contributed by atoms with Gasteiger partial charge in [-0.1, -0.05) is 36.4 Å². The first kappa shape index (κ1) is 19.5. The maximum Gasteiger partial charge on any atom is 0.317 e. The van der Waals surface area contributed by atoms with Crippen LogP contribution in [0.3, 0.4) is 0 Å². The Balaban J connectivity index is 1.65. The molecular formula is C24H23N3O5. The zero-order valence-electron chi connectivity index (χ0n) is 17.6. The summed E-state index contributed by atoms with van der Waals surface area (Å²) in [6, 6.07) is 13.7. The molecule has 0 bridgehead atoms. The van der Waals surface area contributed by atoms with Gasteiger partial charge in [-0.05, 0) is 31.5 Å². The summed E-state index contributed by atoms with van der Waals surface area (Å²) in [5.41, 5.74) is -2.75. The number of anilines is 2. The molecule has 4 heterocycles. The van der Waals surface area contributed by atoms with Crippen LogP contribution in [-0.2, 0) is 30.3 Å². The summed E-state index contributed by atoms with van der Waals surface area (Å²) in [4.78, 5) is 42.6. The van der Waals surface area contributed by atoms with Crippen molar-refractivity contribution in [3.8, 4) is 0 Å². The fourth-order valence-electron chi connectivity index (χ4n) is 6.71. The van der Waals surface area contributed by atoms with Crippen LogP contribution in [0.25, 0.3) is 0 Å². The molecule has 0 aliphatic carbocycles. The molecule has 2 aromatic carbocycles. The molecule has 2 saturated heterocycles. The number of nitrogens with zero attached hydrogens (tertiary/aromatic N) is 1. The summed E-state index contributed by atoms with van der Waals surface area (Å²) < 4.78 is 5.28. The molecule has 1 spiro atoms. The number of hydrogen-bond donors (Lipinski definition) is 3. The molecule has 6 rings (SSSR count). The van der Waals surface area contributed by atoms with Gasteiger partial charge in [0.15, 0.2) is 5.60 Å². The fraction of sp³-hybridized carbons (Fsp3) is 0.375. The van der Waals surface area contributed by atoms with E-state index in [1.807, 2.05) is 29.2 Å². The van der Waals surface area contributed by atoms with E-state index in [9.17, 15) is 19.5 Å². The summed E-state index contributed by atoms with van der Waals surface area (Å²) in [5.74, 6) is -1.59. The smallest absolute Gasteiger partial charge is 0.317 e. The van der Waals surface area contributed by atoms with E-state index in [2.05, 4.69) is 10.6 Å². The highest BCUT2D eigenvalue weighted by molar-refractivity contribution is 6.11. The zero-order chi connectivity index (χ0) is 22.3. The summed E-state index contributed by atoms with van der Waals surface area (Å²) >= 11 is 0. The molecule has 32 heavy (non-hydrogen) atoms. The average Bonchev–Trinajstić information content (AvgIpc) is 3.52. The molecule has 0 saturated carbocycles. The highest BCUT2D eigenvalue weighted by Gasteiger charge is 2.78. The minimum atomic E-state index is -2.18. The van der Waals surface area contributed by atoms with Crippen molar-refractivity contribution in [2.24, 2.45) is 5.41 Å². The molecule has 0 radical (unpaired) electrons. The number of benzene rings is 2. The molecule has 2 fully saturated rings. The number of para-hydroxylation sites is 2. The quantitative estimate of drug-likeness (QED) is 0.623. The number of hydrogen-bond acceptors (Lipinski definition) is 6. The normalized spacial score (nSPS) is 34.8. The first-order valence-corrected chi connectivity index (χ1v) is 10.8. The van der Waals surface area contributed by atoms with Gasteiger partial charge < -0.3 is 20.5 Å². The Kier molecular flexibility index (Phi) is 3.75. The van der Waals surface area contributed by atoms with Gasteiger partial charge in [-0.3, -0.25) is 19.3 Å². The van der Waals surface area contributed by atoms with Gasteiger partial charge in [0.05, 0.1) is 7.11 Å². The largest absolute Gasteiger partial charge is 0.468 e. The van der Waals surface area contributed by atoms with Crippen LogP contribution in [0.2, 0.25) is 0 Å². The first-order chi connectivity index (χ1) is 15.4. The monoisotopic (exact) mass is 433 g/mol. The first-order valence-electron chi connectivity index (χ1n) is 10.8. The summed E-state index contributed by atoms with van der Waals surface area (Å²) in [6.45, 7) is 0.574. The van der Waals surface area contributed by atoms with E-state index in [0.717, 1.165) is 12.0 Å². The number of ether oxygens (including phenoxy) is 1. The molecule has 4 aliphatic heterocycles. The minimum absolute atomic E-state index is 0.0571. The lowest BCUT2D eigenvalue weighted by atomic mass is 9.61. The third kappa shape index (κ3) is 1.94. The number of methoxy groups -OCH3 is 1.